The maximum Gasteiger partial charge on any atom is 0.230 e. The summed E-state index contributed by atoms with van der Waals surface area (Å²) in [5.41, 5.74) is 4.61. The molecule has 0 saturated carbocycles. The summed E-state index contributed by atoms with van der Waals surface area (Å²) in [7, 11) is 0. The van der Waals surface area contributed by atoms with Crippen molar-refractivity contribution in [2.45, 2.75) is 45.3 Å². The Morgan fingerprint density at radius 3 is 2.41 bits per heavy atom. The molecule has 5 nitrogen and oxygen atoms in total. The van der Waals surface area contributed by atoms with Gasteiger partial charge in [-0.1, -0.05) is 79.7 Å². The van der Waals surface area contributed by atoms with Crippen LogP contribution in [0.15, 0.2) is 53.7 Å². The number of nitrogens with zero attached hydrogens (tertiary/aromatic N) is 2. The standard InChI is InChI=1S/C23H28N4OS/c1-15(2)13-18-7-11-19(12-8-18)17(4)24-21(28)14-29-23-25-22(26-27-23)20-9-5-16(3)6-10-20/h5-12,15,17H,13-14H2,1-4H3,(H,24,28)(H,25,26,27)/t17-/m0/s1. The van der Waals surface area contributed by atoms with E-state index in [4.69, 9.17) is 0 Å². The van der Waals surface area contributed by atoms with E-state index in [-0.39, 0.29) is 17.7 Å². The van der Waals surface area contributed by atoms with Gasteiger partial charge in [0.25, 0.3) is 0 Å². The Kier molecular flexibility index (Phi) is 7.09. The molecule has 29 heavy (non-hydrogen) atoms. The number of hydrogen-bond acceptors (Lipinski definition) is 4. The first-order valence-electron chi connectivity index (χ1n) is 9.91. The second-order valence-corrected chi connectivity index (χ2v) is 8.69. The van der Waals surface area contributed by atoms with Crippen LogP contribution in [0.2, 0.25) is 0 Å². The van der Waals surface area contributed by atoms with Crippen LogP contribution in [-0.2, 0) is 11.2 Å². The number of hydrogen-bond donors (Lipinski definition) is 2. The van der Waals surface area contributed by atoms with Gasteiger partial charge in [0.1, 0.15) is 0 Å². The Balaban J connectivity index is 1.50. The second kappa shape index (κ2) is 9.74. The summed E-state index contributed by atoms with van der Waals surface area (Å²) in [4.78, 5) is 16.8. The molecule has 0 saturated heterocycles. The average Bonchev–Trinajstić information content (AvgIpc) is 3.16. The van der Waals surface area contributed by atoms with E-state index in [9.17, 15) is 4.79 Å². The van der Waals surface area contributed by atoms with Crippen molar-refractivity contribution in [3.05, 3.63) is 65.2 Å². The molecule has 1 amide bonds. The summed E-state index contributed by atoms with van der Waals surface area (Å²) >= 11 is 1.33. The number of benzene rings is 2. The molecular weight excluding hydrogens is 380 g/mol. The highest BCUT2D eigenvalue weighted by Gasteiger charge is 2.12. The van der Waals surface area contributed by atoms with Crippen LogP contribution < -0.4 is 5.32 Å². The van der Waals surface area contributed by atoms with E-state index in [1.165, 1.54) is 22.9 Å². The fourth-order valence-corrected chi connectivity index (χ4v) is 3.67. The molecule has 0 fully saturated rings. The minimum atomic E-state index is -0.0357. The number of carbonyl (C=O) groups is 1. The maximum absolute atomic E-state index is 12.3. The summed E-state index contributed by atoms with van der Waals surface area (Å²) in [5, 5.41) is 10.8. The number of aromatic amines is 1. The normalized spacial score (nSPS) is 12.2. The van der Waals surface area contributed by atoms with Crippen LogP contribution in [0.25, 0.3) is 11.4 Å². The predicted molar refractivity (Wildman–Crippen MR) is 119 cm³/mol. The Morgan fingerprint density at radius 1 is 1.07 bits per heavy atom. The summed E-state index contributed by atoms with van der Waals surface area (Å²) in [6.07, 6.45) is 1.07. The topological polar surface area (TPSA) is 70.7 Å². The van der Waals surface area contributed by atoms with Crippen molar-refractivity contribution < 1.29 is 4.79 Å². The Hall–Kier alpha value is -2.60. The highest BCUT2D eigenvalue weighted by Crippen LogP contribution is 2.20. The van der Waals surface area contributed by atoms with Gasteiger partial charge in [-0.2, -0.15) is 0 Å². The summed E-state index contributed by atoms with van der Waals surface area (Å²) in [5.74, 6) is 1.59. The first kappa shape index (κ1) is 21.1. The van der Waals surface area contributed by atoms with E-state index < -0.39 is 0 Å². The van der Waals surface area contributed by atoms with Crippen LogP contribution in [0.3, 0.4) is 0 Å². The van der Waals surface area contributed by atoms with Gasteiger partial charge in [0.15, 0.2) is 5.82 Å². The van der Waals surface area contributed by atoms with Gasteiger partial charge >= 0.3 is 0 Å². The van der Waals surface area contributed by atoms with Crippen molar-refractivity contribution in [3.8, 4) is 11.4 Å². The molecular formula is C23H28N4OS. The number of carbonyl (C=O) groups excluding carboxylic acids is 1. The van der Waals surface area contributed by atoms with Gasteiger partial charge in [-0.3, -0.25) is 9.89 Å². The molecule has 0 bridgehead atoms. The number of rotatable bonds is 8. The molecule has 0 unspecified atom stereocenters. The molecule has 0 aliphatic heterocycles. The van der Waals surface area contributed by atoms with E-state index in [0.29, 0.717) is 16.9 Å². The number of aromatic nitrogens is 3. The molecule has 0 aliphatic rings. The smallest absolute Gasteiger partial charge is 0.230 e. The number of H-pyrrole nitrogens is 1. The Bertz CT molecular complexity index is 932. The average molecular weight is 409 g/mol. The third-order valence-electron chi connectivity index (χ3n) is 4.62. The van der Waals surface area contributed by atoms with Gasteiger partial charge in [-0.15, -0.1) is 5.10 Å². The monoisotopic (exact) mass is 408 g/mol. The number of amides is 1. The highest BCUT2D eigenvalue weighted by atomic mass is 32.2. The molecule has 6 heteroatoms. The molecule has 0 aliphatic carbocycles. The minimum absolute atomic E-state index is 0.0320. The fourth-order valence-electron chi connectivity index (χ4n) is 3.06. The predicted octanol–water partition coefficient (Wildman–Crippen LogP) is 4.95. The van der Waals surface area contributed by atoms with E-state index >= 15 is 0 Å². The van der Waals surface area contributed by atoms with Crippen LogP contribution in [-0.4, -0.2) is 26.8 Å². The lowest BCUT2D eigenvalue weighted by Crippen LogP contribution is -2.28. The van der Waals surface area contributed by atoms with E-state index in [0.717, 1.165) is 17.5 Å². The molecule has 1 atom stereocenters. The molecule has 152 valence electrons. The Labute approximate surface area is 176 Å². The van der Waals surface area contributed by atoms with Crippen molar-refractivity contribution in [3.63, 3.8) is 0 Å². The number of nitrogens with one attached hydrogen (secondary N) is 2. The highest BCUT2D eigenvalue weighted by molar-refractivity contribution is 7.99. The van der Waals surface area contributed by atoms with Crippen LogP contribution in [0, 0.1) is 12.8 Å². The van der Waals surface area contributed by atoms with Gasteiger partial charge in [0.05, 0.1) is 11.8 Å². The lowest BCUT2D eigenvalue weighted by Gasteiger charge is -2.15. The molecule has 3 rings (SSSR count). The van der Waals surface area contributed by atoms with E-state index in [1.807, 2.05) is 38.1 Å². The zero-order valence-electron chi connectivity index (χ0n) is 17.4. The summed E-state index contributed by atoms with van der Waals surface area (Å²) < 4.78 is 0. The molecule has 0 spiro atoms. The van der Waals surface area contributed by atoms with Crippen molar-refractivity contribution in [1.82, 2.24) is 20.5 Å². The van der Waals surface area contributed by atoms with Gasteiger partial charge in [-0.25, -0.2) is 4.98 Å². The summed E-state index contributed by atoms with van der Waals surface area (Å²) in [6, 6.07) is 16.5. The lowest BCUT2D eigenvalue weighted by atomic mass is 10.00. The van der Waals surface area contributed by atoms with Gasteiger partial charge in [-0.05, 0) is 37.3 Å². The zero-order chi connectivity index (χ0) is 20.8. The van der Waals surface area contributed by atoms with Gasteiger partial charge < -0.3 is 5.32 Å². The van der Waals surface area contributed by atoms with Crippen molar-refractivity contribution >= 4 is 17.7 Å². The van der Waals surface area contributed by atoms with Crippen molar-refractivity contribution in [2.75, 3.05) is 5.75 Å². The Morgan fingerprint density at radius 2 is 1.76 bits per heavy atom. The molecule has 1 aromatic heterocycles. The minimum Gasteiger partial charge on any atom is -0.349 e. The lowest BCUT2D eigenvalue weighted by molar-refractivity contribution is -0.119. The van der Waals surface area contributed by atoms with Crippen molar-refractivity contribution in [1.29, 1.82) is 0 Å². The molecule has 2 N–H and O–H groups in total. The summed E-state index contributed by atoms with van der Waals surface area (Å²) in [6.45, 7) is 8.48. The van der Waals surface area contributed by atoms with Crippen LogP contribution >= 0.6 is 11.8 Å². The van der Waals surface area contributed by atoms with Gasteiger partial charge in [0, 0.05) is 5.56 Å². The quantitative estimate of drug-likeness (QED) is 0.518. The van der Waals surface area contributed by atoms with E-state index in [1.54, 1.807) is 0 Å². The number of aryl methyl sites for hydroxylation is 1. The third kappa shape index (κ3) is 6.19. The number of thioether (sulfide) groups is 1. The van der Waals surface area contributed by atoms with Crippen molar-refractivity contribution in [2.24, 2.45) is 5.92 Å². The van der Waals surface area contributed by atoms with Crippen LogP contribution in [0.1, 0.15) is 43.5 Å². The third-order valence-corrected chi connectivity index (χ3v) is 5.47. The van der Waals surface area contributed by atoms with Crippen LogP contribution in [0.5, 0.6) is 0 Å². The van der Waals surface area contributed by atoms with E-state index in [2.05, 4.69) is 58.6 Å². The SMILES string of the molecule is Cc1ccc(-c2nc(SCC(=O)N[C@@H](C)c3ccc(CC(C)C)cc3)n[nH]2)cc1. The first-order valence-corrected chi connectivity index (χ1v) is 10.9. The van der Waals surface area contributed by atoms with Gasteiger partial charge in [0.2, 0.25) is 11.1 Å². The largest absolute Gasteiger partial charge is 0.349 e. The molecule has 1 heterocycles. The van der Waals surface area contributed by atoms with Crippen LogP contribution in [0.4, 0.5) is 0 Å². The first-order chi connectivity index (χ1) is 13.9. The zero-order valence-corrected chi connectivity index (χ0v) is 18.2. The fraction of sp³-hybridized carbons (Fsp3) is 0.348. The molecule has 0 radical (unpaired) electrons. The molecule has 3 aromatic rings. The molecule has 2 aromatic carbocycles. The maximum atomic E-state index is 12.3. The second-order valence-electron chi connectivity index (χ2n) is 7.75.